The molecule has 0 saturated heterocycles. The van der Waals surface area contributed by atoms with Crippen LogP contribution < -0.4 is 5.56 Å². The number of aromatic nitrogens is 2. The number of hydrogen-bond acceptors (Lipinski definition) is 2. The van der Waals surface area contributed by atoms with Crippen LogP contribution in [0.2, 0.25) is 0 Å². The summed E-state index contributed by atoms with van der Waals surface area (Å²) in [6, 6.07) is 0. The summed E-state index contributed by atoms with van der Waals surface area (Å²) in [4.78, 5) is 11.9. The molecule has 1 heterocycles. The predicted molar refractivity (Wildman–Crippen MR) is 73.1 cm³/mol. The van der Waals surface area contributed by atoms with Crippen LogP contribution in [0.25, 0.3) is 0 Å². The van der Waals surface area contributed by atoms with Crippen LogP contribution in [0, 0.1) is 23.7 Å². The minimum atomic E-state index is -0.179. The van der Waals surface area contributed by atoms with E-state index in [2.05, 4.69) is 42.6 Å². The third-order valence-corrected chi connectivity index (χ3v) is 2.32. The van der Waals surface area contributed by atoms with Crippen molar-refractivity contribution in [2.75, 3.05) is 0 Å². The lowest BCUT2D eigenvalue weighted by atomic mass is 10.1. The Morgan fingerprint density at radius 1 is 1.17 bits per heavy atom. The van der Waals surface area contributed by atoms with Gasteiger partial charge in [0.1, 0.15) is 5.56 Å². The molecule has 3 nitrogen and oxygen atoms in total. The fourth-order valence-corrected chi connectivity index (χ4v) is 1.31. The van der Waals surface area contributed by atoms with Gasteiger partial charge >= 0.3 is 0 Å². The molecule has 3 heteroatoms. The summed E-state index contributed by atoms with van der Waals surface area (Å²) in [6.07, 6.45) is 5.20. The number of unbranched alkanes of at least 4 members (excludes halogenated alkanes) is 2. The van der Waals surface area contributed by atoms with E-state index in [0.29, 0.717) is 11.1 Å². The highest BCUT2D eigenvalue weighted by Gasteiger charge is 2.05. The molecule has 0 aliphatic rings. The average Bonchev–Trinajstić information content (AvgIpc) is 2.37. The van der Waals surface area contributed by atoms with E-state index in [4.69, 9.17) is 0 Å². The summed E-state index contributed by atoms with van der Waals surface area (Å²) in [6.45, 7) is 4.13. The SMILES string of the molecule is CCCC#Cc1cnn(C)c(=O)c1C#CCCC. The van der Waals surface area contributed by atoms with E-state index in [1.807, 2.05) is 0 Å². The van der Waals surface area contributed by atoms with E-state index in [-0.39, 0.29) is 5.56 Å². The van der Waals surface area contributed by atoms with Crippen LogP contribution in [0.15, 0.2) is 11.0 Å². The van der Waals surface area contributed by atoms with Gasteiger partial charge in [-0.05, 0) is 12.8 Å². The van der Waals surface area contributed by atoms with Crippen molar-refractivity contribution in [3.05, 3.63) is 27.7 Å². The smallest absolute Gasteiger partial charge is 0.266 e. The lowest BCUT2D eigenvalue weighted by Gasteiger charge is -1.99. The van der Waals surface area contributed by atoms with Crippen LogP contribution in [0.1, 0.15) is 50.7 Å². The Bertz CT molecular complexity index is 576. The Labute approximate surface area is 108 Å². The molecule has 0 unspecified atom stereocenters. The van der Waals surface area contributed by atoms with Gasteiger partial charge in [0.15, 0.2) is 0 Å². The van der Waals surface area contributed by atoms with Gasteiger partial charge in [0.2, 0.25) is 0 Å². The minimum Gasteiger partial charge on any atom is -0.266 e. The van der Waals surface area contributed by atoms with Gasteiger partial charge in [-0.3, -0.25) is 4.79 Å². The van der Waals surface area contributed by atoms with Crippen molar-refractivity contribution in [1.82, 2.24) is 9.78 Å². The highest BCUT2D eigenvalue weighted by Crippen LogP contribution is 1.99. The van der Waals surface area contributed by atoms with E-state index in [9.17, 15) is 4.79 Å². The van der Waals surface area contributed by atoms with Crippen molar-refractivity contribution in [3.8, 4) is 23.7 Å². The summed E-state index contributed by atoms with van der Waals surface area (Å²) in [5.41, 5.74) is 0.918. The molecule has 0 saturated carbocycles. The summed E-state index contributed by atoms with van der Waals surface area (Å²) in [5, 5.41) is 3.98. The molecule has 18 heavy (non-hydrogen) atoms. The quantitative estimate of drug-likeness (QED) is 0.744. The first kappa shape index (κ1) is 14.1. The van der Waals surface area contributed by atoms with Gasteiger partial charge in [0.25, 0.3) is 5.56 Å². The van der Waals surface area contributed by atoms with Crippen molar-refractivity contribution in [2.45, 2.75) is 39.5 Å². The Morgan fingerprint density at radius 3 is 2.39 bits per heavy atom. The van der Waals surface area contributed by atoms with Crippen LogP contribution >= 0.6 is 0 Å². The standard InChI is InChI=1S/C15H18N2O/c1-4-6-8-10-13-12-16-17(3)15(18)14(13)11-9-7-5-2/h12H,4-7H2,1-3H3. The summed E-state index contributed by atoms with van der Waals surface area (Å²) >= 11 is 0. The molecular formula is C15H18N2O. The molecule has 1 aromatic rings. The second kappa shape index (κ2) is 7.35. The summed E-state index contributed by atoms with van der Waals surface area (Å²) < 4.78 is 1.29. The molecule has 0 N–H and O–H groups in total. The van der Waals surface area contributed by atoms with Gasteiger partial charge in [-0.15, -0.1) is 0 Å². The zero-order valence-corrected chi connectivity index (χ0v) is 11.2. The fraction of sp³-hybridized carbons (Fsp3) is 0.467. The molecule has 94 valence electrons. The number of aryl methyl sites for hydroxylation is 1. The van der Waals surface area contributed by atoms with Crippen LogP contribution in [-0.2, 0) is 7.05 Å². The third-order valence-electron chi connectivity index (χ3n) is 2.32. The number of nitrogens with zero attached hydrogens (tertiary/aromatic N) is 2. The maximum atomic E-state index is 11.9. The Kier molecular flexibility index (Phi) is 5.74. The highest BCUT2D eigenvalue weighted by molar-refractivity contribution is 5.47. The maximum Gasteiger partial charge on any atom is 0.283 e. The fourth-order valence-electron chi connectivity index (χ4n) is 1.31. The van der Waals surface area contributed by atoms with Gasteiger partial charge in [-0.25, -0.2) is 4.68 Å². The topological polar surface area (TPSA) is 34.9 Å². The van der Waals surface area contributed by atoms with Gasteiger partial charge < -0.3 is 0 Å². The zero-order chi connectivity index (χ0) is 13.4. The molecule has 0 aromatic carbocycles. The second-order valence-electron chi connectivity index (χ2n) is 3.97. The van der Waals surface area contributed by atoms with Gasteiger partial charge in [0.05, 0.1) is 11.8 Å². The summed E-state index contributed by atoms with van der Waals surface area (Å²) in [5.74, 6) is 11.9. The van der Waals surface area contributed by atoms with Crippen LogP contribution in [0.5, 0.6) is 0 Å². The van der Waals surface area contributed by atoms with Crippen molar-refractivity contribution in [1.29, 1.82) is 0 Å². The molecule has 0 fully saturated rings. The first-order valence-electron chi connectivity index (χ1n) is 6.24. The molecule has 0 amide bonds. The Balaban J connectivity index is 3.20. The van der Waals surface area contributed by atoms with Crippen molar-refractivity contribution in [3.63, 3.8) is 0 Å². The van der Waals surface area contributed by atoms with Crippen molar-refractivity contribution in [2.24, 2.45) is 7.05 Å². The average molecular weight is 242 g/mol. The lowest BCUT2D eigenvalue weighted by Crippen LogP contribution is -2.23. The monoisotopic (exact) mass is 242 g/mol. The molecule has 0 aliphatic carbocycles. The highest BCUT2D eigenvalue weighted by atomic mass is 16.1. The van der Waals surface area contributed by atoms with E-state index in [1.54, 1.807) is 13.2 Å². The lowest BCUT2D eigenvalue weighted by molar-refractivity contribution is 0.703. The normalized spacial score (nSPS) is 9.06. The van der Waals surface area contributed by atoms with Gasteiger partial charge in [-0.1, -0.05) is 37.5 Å². The molecule has 0 bridgehead atoms. The summed E-state index contributed by atoms with van der Waals surface area (Å²) in [7, 11) is 1.62. The molecule has 1 rings (SSSR count). The molecule has 0 spiro atoms. The first-order valence-corrected chi connectivity index (χ1v) is 6.24. The number of hydrogen-bond donors (Lipinski definition) is 0. The van der Waals surface area contributed by atoms with Gasteiger partial charge in [0, 0.05) is 19.9 Å². The largest absolute Gasteiger partial charge is 0.283 e. The van der Waals surface area contributed by atoms with Crippen LogP contribution in [0.3, 0.4) is 0 Å². The van der Waals surface area contributed by atoms with E-state index in [0.717, 1.165) is 25.7 Å². The van der Waals surface area contributed by atoms with Gasteiger partial charge in [-0.2, -0.15) is 5.10 Å². The molecular weight excluding hydrogens is 224 g/mol. The van der Waals surface area contributed by atoms with E-state index >= 15 is 0 Å². The molecule has 0 atom stereocenters. The zero-order valence-electron chi connectivity index (χ0n) is 11.2. The van der Waals surface area contributed by atoms with Crippen molar-refractivity contribution >= 4 is 0 Å². The van der Waals surface area contributed by atoms with Crippen molar-refractivity contribution < 1.29 is 0 Å². The molecule has 1 aromatic heterocycles. The third kappa shape index (κ3) is 3.79. The Hall–Kier alpha value is -2.00. The molecule has 0 radical (unpaired) electrons. The minimum absolute atomic E-state index is 0.179. The molecule has 0 aliphatic heterocycles. The first-order chi connectivity index (χ1) is 8.70. The second-order valence-corrected chi connectivity index (χ2v) is 3.97. The van der Waals surface area contributed by atoms with E-state index < -0.39 is 0 Å². The Morgan fingerprint density at radius 2 is 1.78 bits per heavy atom. The van der Waals surface area contributed by atoms with Crippen LogP contribution in [0.4, 0.5) is 0 Å². The maximum absolute atomic E-state index is 11.9. The predicted octanol–water partition coefficient (Wildman–Crippen LogP) is 2.08. The number of rotatable bonds is 2. The van der Waals surface area contributed by atoms with E-state index in [1.165, 1.54) is 4.68 Å². The van der Waals surface area contributed by atoms with Crippen LogP contribution in [-0.4, -0.2) is 9.78 Å².